The second-order valence-corrected chi connectivity index (χ2v) is 8.66. The van der Waals surface area contributed by atoms with Gasteiger partial charge in [0.05, 0.1) is 12.5 Å². The quantitative estimate of drug-likeness (QED) is 0.655. The summed E-state index contributed by atoms with van der Waals surface area (Å²) in [5.41, 5.74) is 7.83. The standard InChI is InChI=1S/C24H24N2O3S/c1-29-20-8-3-7-19(14-20)22(27)26-11-10-24(16-26,23(25)28)15-17-5-2-6-18(13-17)21-9-4-12-30-21/h2-9,12-14H,10-11,15-16H2,1H3,(H2,25,28). The first-order valence-electron chi connectivity index (χ1n) is 9.87. The Bertz CT molecular complexity index is 1060. The lowest BCUT2D eigenvalue weighted by atomic mass is 9.80. The molecule has 30 heavy (non-hydrogen) atoms. The van der Waals surface area contributed by atoms with Gasteiger partial charge in [-0.15, -0.1) is 11.3 Å². The summed E-state index contributed by atoms with van der Waals surface area (Å²) >= 11 is 1.68. The zero-order valence-electron chi connectivity index (χ0n) is 16.8. The lowest BCUT2D eigenvalue weighted by Crippen LogP contribution is -2.42. The highest BCUT2D eigenvalue weighted by Gasteiger charge is 2.45. The van der Waals surface area contributed by atoms with E-state index in [-0.39, 0.29) is 11.8 Å². The van der Waals surface area contributed by atoms with Gasteiger partial charge in [0.2, 0.25) is 5.91 Å². The van der Waals surface area contributed by atoms with E-state index >= 15 is 0 Å². The minimum atomic E-state index is -0.761. The topological polar surface area (TPSA) is 72.6 Å². The molecule has 0 spiro atoms. The molecule has 1 aliphatic heterocycles. The number of hydrogen-bond acceptors (Lipinski definition) is 4. The average Bonchev–Trinajstić information content (AvgIpc) is 3.45. The van der Waals surface area contributed by atoms with Crippen molar-refractivity contribution in [3.8, 4) is 16.2 Å². The summed E-state index contributed by atoms with van der Waals surface area (Å²) in [4.78, 5) is 28.4. The normalized spacial score (nSPS) is 18.4. The molecular weight excluding hydrogens is 396 g/mol. The smallest absolute Gasteiger partial charge is 0.254 e. The van der Waals surface area contributed by atoms with E-state index in [4.69, 9.17) is 10.5 Å². The Hall–Kier alpha value is -3.12. The molecule has 1 unspecified atom stereocenters. The summed E-state index contributed by atoms with van der Waals surface area (Å²) in [6, 6.07) is 19.4. The third-order valence-corrected chi connectivity index (χ3v) is 6.67. The van der Waals surface area contributed by atoms with E-state index in [0.717, 1.165) is 11.1 Å². The molecule has 2 heterocycles. The highest BCUT2D eigenvalue weighted by Crippen LogP contribution is 2.36. The lowest BCUT2D eigenvalue weighted by Gasteiger charge is -2.26. The van der Waals surface area contributed by atoms with E-state index < -0.39 is 5.41 Å². The maximum Gasteiger partial charge on any atom is 0.254 e. The molecule has 1 aromatic heterocycles. The van der Waals surface area contributed by atoms with Gasteiger partial charge in [-0.1, -0.05) is 36.4 Å². The van der Waals surface area contributed by atoms with Crippen LogP contribution in [-0.4, -0.2) is 36.9 Å². The molecular formula is C24H24N2O3S. The Balaban J connectivity index is 1.55. The molecule has 4 rings (SSSR count). The van der Waals surface area contributed by atoms with Gasteiger partial charge in [-0.2, -0.15) is 0 Å². The van der Waals surface area contributed by atoms with Crippen molar-refractivity contribution in [1.29, 1.82) is 0 Å². The van der Waals surface area contributed by atoms with Crippen molar-refractivity contribution in [3.05, 3.63) is 77.2 Å². The molecule has 5 nitrogen and oxygen atoms in total. The Labute approximate surface area is 180 Å². The number of rotatable bonds is 6. The van der Waals surface area contributed by atoms with Gasteiger partial charge in [0.25, 0.3) is 5.91 Å². The number of nitrogens with zero attached hydrogens (tertiary/aromatic N) is 1. The molecule has 1 fully saturated rings. The van der Waals surface area contributed by atoms with Crippen LogP contribution in [0.2, 0.25) is 0 Å². The molecule has 6 heteroatoms. The predicted molar refractivity (Wildman–Crippen MR) is 119 cm³/mol. The fourth-order valence-corrected chi connectivity index (χ4v) is 4.81. The number of hydrogen-bond donors (Lipinski definition) is 1. The van der Waals surface area contributed by atoms with Crippen molar-refractivity contribution in [2.75, 3.05) is 20.2 Å². The monoisotopic (exact) mass is 420 g/mol. The van der Waals surface area contributed by atoms with Gasteiger partial charge in [0, 0.05) is 23.5 Å². The lowest BCUT2D eigenvalue weighted by molar-refractivity contribution is -0.126. The number of carbonyl (C=O) groups excluding carboxylic acids is 2. The Morgan fingerprint density at radius 1 is 1.13 bits per heavy atom. The number of thiophene rings is 1. The highest BCUT2D eigenvalue weighted by molar-refractivity contribution is 7.13. The number of methoxy groups -OCH3 is 1. The van der Waals surface area contributed by atoms with E-state index in [1.54, 1.807) is 47.6 Å². The Kier molecular flexibility index (Phi) is 5.59. The van der Waals surface area contributed by atoms with Crippen LogP contribution in [0, 0.1) is 5.41 Å². The van der Waals surface area contributed by atoms with Gasteiger partial charge >= 0.3 is 0 Å². The Morgan fingerprint density at radius 3 is 2.70 bits per heavy atom. The van der Waals surface area contributed by atoms with Crippen LogP contribution in [0.4, 0.5) is 0 Å². The van der Waals surface area contributed by atoms with Gasteiger partial charge in [-0.05, 0) is 53.6 Å². The minimum absolute atomic E-state index is 0.107. The number of amides is 2. The van der Waals surface area contributed by atoms with Crippen molar-refractivity contribution < 1.29 is 14.3 Å². The molecule has 1 atom stereocenters. The molecule has 2 N–H and O–H groups in total. The van der Waals surface area contributed by atoms with Crippen LogP contribution in [0.25, 0.3) is 10.4 Å². The summed E-state index contributed by atoms with van der Waals surface area (Å²) in [6.07, 6.45) is 1.07. The van der Waals surface area contributed by atoms with Gasteiger partial charge in [0.15, 0.2) is 0 Å². The number of ether oxygens (including phenoxy) is 1. The molecule has 2 aromatic carbocycles. The number of carbonyl (C=O) groups is 2. The van der Waals surface area contributed by atoms with Crippen LogP contribution in [0.15, 0.2) is 66.0 Å². The van der Waals surface area contributed by atoms with Crippen molar-refractivity contribution in [2.24, 2.45) is 11.1 Å². The van der Waals surface area contributed by atoms with E-state index in [0.29, 0.717) is 37.2 Å². The fourth-order valence-electron chi connectivity index (χ4n) is 4.09. The van der Waals surface area contributed by atoms with Crippen molar-refractivity contribution in [3.63, 3.8) is 0 Å². The number of likely N-dealkylation sites (tertiary alicyclic amines) is 1. The van der Waals surface area contributed by atoms with Gasteiger partial charge < -0.3 is 15.4 Å². The molecule has 3 aromatic rings. The van der Waals surface area contributed by atoms with Crippen LogP contribution < -0.4 is 10.5 Å². The first-order chi connectivity index (χ1) is 14.5. The fraction of sp³-hybridized carbons (Fsp3) is 0.250. The second-order valence-electron chi connectivity index (χ2n) is 7.71. The van der Waals surface area contributed by atoms with Crippen LogP contribution in [0.5, 0.6) is 5.75 Å². The summed E-state index contributed by atoms with van der Waals surface area (Å²) in [5.74, 6) is 0.168. The number of benzene rings is 2. The molecule has 0 aliphatic carbocycles. The second kappa shape index (κ2) is 8.32. The maximum absolute atomic E-state index is 13.0. The first-order valence-corrected chi connectivity index (χ1v) is 10.7. The number of nitrogens with two attached hydrogens (primary N) is 1. The minimum Gasteiger partial charge on any atom is -0.497 e. The van der Waals surface area contributed by atoms with E-state index in [2.05, 4.69) is 18.2 Å². The Morgan fingerprint density at radius 2 is 1.97 bits per heavy atom. The first kappa shape index (κ1) is 20.2. The van der Waals surface area contributed by atoms with Gasteiger partial charge in [0.1, 0.15) is 5.75 Å². The average molecular weight is 421 g/mol. The zero-order chi connectivity index (χ0) is 21.1. The maximum atomic E-state index is 13.0. The molecule has 0 radical (unpaired) electrons. The van der Waals surface area contributed by atoms with Crippen molar-refractivity contribution >= 4 is 23.2 Å². The summed E-state index contributed by atoms with van der Waals surface area (Å²) in [6.45, 7) is 0.825. The van der Waals surface area contributed by atoms with Gasteiger partial charge in [-0.3, -0.25) is 9.59 Å². The van der Waals surface area contributed by atoms with Crippen LogP contribution in [0.3, 0.4) is 0 Å². The van der Waals surface area contributed by atoms with Crippen molar-refractivity contribution in [2.45, 2.75) is 12.8 Å². The zero-order valence-corrected chi connectivity index (χ0v) is 17.7. The summed E-state index contributed by atoms with van der Waals surface area (Å²) in [7, 11) is 1.57. The van der Waals surface area contributed by atoms with Crippen molar-refractivity contribution in [1.82, 2.24) is 4.90 Å². The van der Waals surface area contributed by atoms with Crippen LogP contribution >= 0.6 is 11.3 Å². The van der Waals surface area contributed by atoms with E-state index in [1.165, 1.54) is 4.88 Å². The summed E-state index contributed by atoms with van der Waals surface area (Å²) < 4.78 is 5.22. The molecule has 2 amide bonds. The SMILES string of the molecule is COc1cccc(C(=O)N2CCC(Cc3cccc(-c4cccs4)c3)(C(N)=O)C2)c1. The van der Waals surface area contributed by atoms with Crippen LogP contribution in [0.1, 0.15) is 22.3 Å². The third-order valence-electron chi connectivity index (χ3n) is 5.76. The number of primary amides is 1. The molecule has 154 valence electrons. The molecule has 1 aliphatic rings. The highest BCUT2D eigenvalue weighted by atomic mass is 32.1. The molecule has 1 saturated heterocycles. The predicted octanol–water partition coefficient (Wildman–Crippen LogP) is 3.98. The van der Waals surface area contributed by atoms with E-state index in [1.807, 2.05) is 23.6 Å². The van der Waals surface area contributed by atoms with Crippen LogP contribution in [-0.2, 0) is 11.2 Å². The largest absolute Gasteiger partial charge is 0.497 e. The van der Waals surface area contributed by atoms with Gasteiger partial charge in [-0.25, -0.2) is 0 Å². The molecule has 0 bridgehead atoms. The molecule has 0 saturated carbocycles. The summed E-state index contributed by atoms with van der Waals surface area (Å²) in [5, 5.41) is 2.05. The third kappa shape index (κ3) is 3.96. The van der Waals surface area contributed by atoms with E-state index in [9.17, 15) is 9.59 Å².